The smallest absolute Gasteiger partial charge is 0.241 e. The van der Waals surface area contributed by atoms with Gasteiger partial charge in [-0.05, 0) is 12.2 Å². The van der Waals surface area contributed by atoms with Crippen LogP contribution in [0.4, 0.5) is 0 Å². The Balaban J connectivity index is 3.91. The van der Waals surface area contributed by atoms with Crippen molar-refractivity contribution < 1.29 is 4.79 Å². The van der Waals surface area contributed by atoms with E-state index in [-0.39, 0.29) is 12.5 Å². The van der Waals surface area contributed by atoms with Gasteiger partial charge in [0.15, 0.2) is 11.4 Å². The molecule has 0 radical (unpaired) electrons. The van der Waals surface area contributed by atoms with Crippen LogP contribution in [0.15, 0.2) is 4.99 Å². The molecular formula is C9H16N4OS. The van der Waals surface area contributed by atoms with Crippen LogP contribution in [0.1, 0.15) is 13.8 Å². The summed E-state index contributed by atoms with van der Waals surface area (Å²) in [6.07, 6.45) is 3.55. The Morgan fingerprint density at radius 1 is 1.60 bits per heavy atom. The molecule has 0 aliphatic rings. The second-order valence-corrected chi connectivity index (χ2v) is 4.06. The van der Waals surface area contributed by atoms with E-state index in [0.717, 1.165) is 0 Å². The molecule has 1 amide bonds. The van der Waals surface area contributed by atoms with E-state index in [9.17, 15) is 4.79 Å². The molecule has 0 fully saturated rings. The van der Waals surface area contributed by atoms with Gasteiger partial charge >= 0.3 is 0 Å². The predicted molar refractivity (Wildman–Crippen MR) is 62.4 cm³/mol. The quantitative estimate of drug-likeness (QED) is 0.319. The number of nitrogens with one attached hydrogen (secondary N) is 2. The summed E-state index contributed by atoms with van der Waals surface area (Å²) in [6.45, 7) is 4.74. The molecule has 6 heteroatoms. The molecule has 15 heavy (non-hydrogen) atoms. The van der Waals surface area contributed by atoms with Crippen LogP contribution < -0.4 is 10.6 Å². The van der Waals surface area contributed by atoms with E-state index in [1.807, 2.05) is 13.8 Å². The van der Waals surface area contributed by atoms with Crippen molar-refractivity contribution in [3.05, 3.63) is 0 Å². The van der Waals surface area contributed by atoms with Gasteiger partial charge in [-0.3, -0.25) is 15.1 Å². The number of hydrogen-bond donors (Lipinski definition) is 2. The zero-order chi connectivity index (χ0) is 11.7. The summed E-state index contributed by atoms with van der Waals surface area (Å²) in [4.78, 5) is 15.2. The van der Waals surface area contributed by atoms with Crippen molar-refractivity contribution in [2.75, 3.05) is 19.3 Å². The van der Waals surface area contributed by atoms with Gasteiger partial charge in [0.1, 0.15) is 6.54 Å². The SMILES string of the molecule is CSC(=NCC(=O)NCC(C)C)NC#N. The van der Waals surface area contributed by atoms with Crippen LogP contribution >= 0.6 is 11.8 Å². The molecule has 0 saturated carbocycles. The van der Waals surface area contributed by atoms with Gasteiger partial charge in [0.2, 0.25) is 5.91 Å². The van der Waals surface area contributed by atoms with Gasteiger partial charge in [-0.2, -0.15) is 5.26 Å². The summed E-state index contributed by atoms with van der Waals surface area (Å²) in [7, 11) is 0. The van der Waals surface area contributed by atoms with Crippen LogP contribution in [0.3, 0.4) is 0 Å². The lowest BCUT2D eigenvalue weighted by Crippen LogP contribution is -2.30. The molecule has 0 rings (SSSR count). The largest absolute Gasteiger partial charge is 0.354 e. The number of nitrogens with zero attached hydrogens (tertiary/aromatic N) is 2. The van der Waals surface area contributed by atoms with Crippen molar-refractivity contribution in [2.24, 2.45) is 10.9 Å². The Morgan fingerprint density at radius 2 is 2.27 bits per heavy atom. The maximum Gasteiger partial charge on any atom is 0.241 e. The lowest BCUT2D eigenvalue weighted by Gasteiger charge is -2.06. The summed E-state index contributed by atoms with van der Waals surface area (Å²) in [5, 5.41) is 13.9. The number of aliphatic imine (C=N–C) groups is 1. The Bertz CT molecular complexity index is 270. The van der Waals surface area contributed by atoms with E-state index < -0.39 is 0 Å². The number of carbonyl (C=O) groups excluding carboxylic acids is 1. The molecule has 84 valence electrons. The fourth-order valence-corrected chi connectivity index (χ4v) is 1.06. The van der Waals surface area contributed by atoms with Crippen molar-refractivity contribution >= 4 is 22.8 Å². The molecule has 0 spiro atoms. The summed E-state index contributed by atoms with van der Waals surface area (Å²) >= 11 is 1.30. The molecule has 0 aromatic heterocycles. The molecular weight excluding hydrogens is 212 g/mol. The third kappa shape index (κ3) is 7.82. The van der Waals surface area contributed by atoms with E-state index in [1.165, 1.54) is 11.8 Å². The fraction of sp³-hybridized carbons (Fsp3) is 0.667. The minimum absolute atomic E-state index is 0.0531. The maximum absolute atomic E-state index is 11.2. The fourth-order valence-electron chi connectivity index (χ4n) is 0.720. The molecule has 0 unspecified atom stereocenters. The number of carbonyl (C=O) groups is 1. The van der Waals surface area contributed by atoms with Crippen LogP contribution in [0, 0.1) is 17.4 Å². The van der Waals surface area contributed by atoms with E-state index in [4.69, 9.17) is 5.26 Å². The molecule has 0 aromatic rings. The Kier molecular flexibility index (Phi) is 7.46. The highest BCUT2D eigenvalue weighted by atomic mass is 32.2. The number of amides is 1. The minimum atomic E-state index is -0.130. The predicted octanol–water partition coefficient (Wildman–Crippen LogP) is 0.548. The molecule has 5 nitrogen and oxygen atoms in total. The van der Waals surface area contributed by atoms with Gasteiger partial charge in [0.05, 0.1) is 0 Å². The molecule has 0 aromatic carbocycles. The zero-order valence-corrected chi connectivity index (χ0v) is 10.0. The first-order valence-electron chi connectivity index (χ1n) is 4.60. The van der Waals surface area contributed by atoms with Crippen LogP contribution in [-0.2, 0) is 4.79 Å². The van der Waals surface area contributed by atoms with Gasteiger partial charge in [-0.1, -0.05) is 25.6 Å². The van der Waals surface area contributed by atoms with Gasteiger partial charge in [-0.15, -0.1) is 0 Å². The van der Waals surface area contributed by atoms with Crippen molar-refractivity contribution in [3.63, 3.8) is 0 Å². The number of thioether (sulfide) groups is 1. The Morgan fingerprint density at radius 3 is 2.73 bits per heavy atom. The lowest BCUT2D eigenvalue weighted by atomic mass is 10.2. The first-order chi connectivity index (χ1) is 7.10. The zero-order valence-electron chi connectivity index (χ0n) is 9.20. The van der Waals surface area contributed by atoms with E-state index in [0.29, 0.717) is 17.6 Å². The van der Waals surface area contributed by atoms with E-state index >= 15 is 0 Å². The second-order valence-electron chi connectivity index (χ2n) is 3.26. The first kappa shape index (κ1) is 13.8. The van der Waals surface area contributed by atoms with Gasteiger partial charge in [-0.25, -0.2) is 0 Å². The average Bonchev–Trinajstić information content (AvgIpc) is 2.21. The number of rotatable bonds is 4. The number of amidine groups is 1. The highest BCUT2D eigenvalue weighted by Crippen LogP contribution is 1.94. The first-order valence-corrected chi connectivity index (χ1v) is 5.82. The topological polar surface area (TPSA) is 77.3 Å². The molecule has 0 bridgehead atoms. The summed E-state index contributed by atoms with van der Waals surface area (Å²) in [5.74, 6) is 0.296. The number of nitriles is 1. The third-order valence-corrected chi connectivity index (χ3v) is 2.05. The standard InChI is InChI=1S/C9H16N4OS/c1-7(2)4-11-8(14)5-12-9(15-3)13-6-10/h7H,4-5H2,1-3H3,(H,11,14)(H,12,13). The highest BCUT2D eigenvalue weighted by Gasteiger charge is 2.02. The molecule has 0 heterocycles. The van der Waals surface area contributed by atoms with Crippen LogP contribution in [-0.4, -0.2) is 30.4 Å². The van der Waals surface area contributed by atoms with E-state index in [2.05, 4.69) is 15.6 Å². The molecule has 2 N–H and O–H groups in total. The lowest BCUT2D eigenvalue weighted by molar-refractivity contribution is -0.119. The van der Waals surface area contributed by atoms with Gasteiger partial charge in [0, 0.05) is 6.54 Å². The minimum Gasteiger partial charge on any atom is -0.354 e. The summed E-state index contributed by atoms with van der Waals surface area (Å²) < 4.78 is 0. The normalized spacial score (nSPS) is 11.0. The molecule has 0 atom stereocenters. The highest BCUT2D eigenvalue weighted by molar-refractivity contribution is 8.13. The summed E-state index contributed by atoms with van der Waals surface area (Å²) in [6, 6.07) is 0. The Labute approximate surface area is 94.3 Å². The van der Waals surface area contributed by atoms with Crippen molar-refractivity contribution in [3.8, 4) is 6.19 Å². The second kappa shape index (κ2) is 8.12. The van der Waals surface area contributed by atoms with Crippen molar-refractivity contribution in [1.82, 2.24) is 10.6 Å². The van der Waals surface area contributed by atoms with Crippen molar-refractivity contribution in [2.45, 2.75) is 13.8 Å². The molecule has 0 aliphatic carbocycles. The van der Waals surface area contributed by atoms with Crippen LogP contribution in [0.5, 0.6) is 0 Å². The maximum atomic E-state index is 11.2. The number of hydrogen-bond acceptors (Lipinski definition) is 4. The van der Waals surface area contributed by atoms with Gasteiger partial charge < -0.3 is 5.32 Å². The summed E-state index contributed by atoms with van der Waals surface area (Å²) in [5.41, 5.74) is 0. The van der Waals surface area contributed by atoms with E-state index in [1.54, 1.807) is 12.4 Å². The van der Waals surface area contributed by atoms with Gasteiger partial charge in [0.25, 0.3) is 0 Å². The molecule has 0 saturated heterocycles. The third-order valence-electron chi connectivity index (χ3n) is 1.43. The monoisotopic (exact) mass is 228 g/mol. The van der Waals surface area contributed by atoms with Crippen LogP contribution in [0.2, 0.25) is 0 Å². The Hall–Kier alpha value is -1.22. The van der Waals surface area contributed by atoms with Crippen molar-refractivity contribution in [1.29, 1.82) is 5.26 Å². The average molecular weight is 228 g/mol. The molecule has 0 aliphatic heterocycles. The van der Waals surface area contributed by atoms with Crippen LogP contribution in [0.25, 0.3) is 0 Å².